The Morgan fingerprint density at radius 2 is 1.50 bits per heavy atom. The Kier molecular flexibility index (Phi) is 7.04. The number of aryl methyl sites for hydroxylation is 3. The number of nitrogens with zero attached hydrogens (tertiary/aromatic N) is 1. The number of hydrogen-bond acceptors (Lipinski definition) is 3. The van der Waals surface area contributed by atoms with Gasteiger partial charge in [0.1, 0.15) is 0 Å². The van der Waals surface area contributed by atoms with Crippen molar-refractivity contribution < 1.29 is 13.2 Å². The van der Waals surface area contributed by atoms with Crippen molar-refractivity contribution in [3.63, 3.8) is 0 Å². The van der Waals surface area contributed by atoms with Gasteiger partial charge in [0.25, 0.3) is 5.91 Å². The van der Waals surface area contributed by atoms with Gasteiger partial charge in [-0.2, -0.15) is 0 Å². The summed E-state index contributed by atoms with van der Waals surface area (Å²) in [5.41, 5.74) is 6.40. The van der Waals surface area contributed by atoms with E-state index in [0.717, 1.165) is 22.3 Å². The van der Waals surface area contributed by atoms with E-state index in [4.69, 9.17) is 0 Å². The summed E-state index contributed by atoms with van der Waals surface area (Å²) in [7, 11) is -3.49. The molecule has 1 unspecified atom stereocenters. The van der Waals surface area contributed by atoms with Crippen molar-refractivity contribution in [1.29, 1.82) is 0 Å². The van der Waals surface area contributed by atoms with Crippen molar-refractivity contribution in [2.24, 2.45) is 0 Å². The van der Waals surface area contributed by atoms with Crippen LogP contribution in [-0.2, 0) is 16.6 Å². The number of rotatable bonds is 7. The Labute approximate surface area is 191 Å². The van der Waals surface area contributed by atoms with Crippen LogP contribution in [0.4, 0.5) is 5.69 Å². The maximum Gasteiger partial charge on any atom is 0.251 e. The van der Waals surface area contributed by atoms with E-state index >= 15 is 0 Å². The molecule has 0 fully saturated rings. The zero-order valence-electron chi connectivity index (χ0n) is 19.2. The highest BCUT2D eigenvalue weighted by Gasteiger charge is 2.19. The third-order valence-electron chi connectivity index (χ3n) is 5.50. The molecule has 32 heavy (non-hydrogen) atoms. The molecule has 168 valence electrons. The molecule has 1 atom stereocenters. The average molecular weight is 451 g/mol. The minimum absolute atomic E-state index is 0.142. The smallest absolute Gasteiger partial charge is 0.251 e. The maximum atomic E-state index is 12.8. The Morgan fingerprint density at radius 3 is 2.06 bits per heavy atom. The number of carbonyl (C=O) groups is 1. The number of carbonyl (C=O) groups excluding carboxylic acids is 1. The van der Waals surface area contributed by atoms with Gasteiger partial charge in [0, 0.05) is 5.56 Å². The summed E-state index contributed by atoms with van der Waals surface area (Å²) in [6.45, 7) is 8.25. The normalized spacial score (nSPS) is 12.3. The zero-order chi connectivity index (χ0) is 23.5. The number of hydrogen-bond donors (Lipinski definition) is 1. The van der Waals surface area contributed by atoms with E-state index in [1.807, 2.05) is 64.1 Å². The number of nitrogens with one attached hydrogen (secondary N) is 1. The Bertz CT molecular complexity index is 1200. The van der Waals surface area contributed by atoms with Crippen LogP contribution in [0.15, 0.2) is 66.7 Å². The van der Waals surface area contributed by atoms with Gasteiger partial charge in [-0.1, -0.05) is 53.6 Å². The van der Waals surface area contributed by atoms with Crippen LogP contribution in [0.25, 0.3) is 0 Å². The summed E-state index contributed by atoms with van der Waals surface area (Å²) in [6.07, 6.45) is 1.19. The summed E-state index contributed by atoms with van der Waals surface area (Å²) in [6, 6.07) is 20.4. The van der Waals surface area contributed by atoms with E-state index in [-0.39, 0.29) is 18.5 Å². The second-order valence-corrected chi connectivity index (χ2v) is 10.3. The summed E-state index contributed by atoms with van der Waals surface area (Å²) in [4.78, 5) is 12.8. The van der Waals surface area contributed by atoms with Crippen LogP contribution in [0.1, 0.15) is 51.1 Å². The molecule has 6 heteroatoms. The summed E-state index contributed by atoms with van der Waals surface area (Å²) in [5, 5.41) is 3.03. The van der Waals surface area contributed by atoms with Crippen LogP contribution in [0.5, 0.6) is 0 Å². The van der Waals surface area contributed by atoms with E-state index in [0.29, 0.717) is 11.3 Å². The molecule has 1 amide bonds. The van der Waals surface area contributed by atoms with E-state index in [1.54, 1.807) is 24.3 Å². The molecule has 5 nitrogen and oxygen atoms in total. The van der Waals surface area contributed by atoms with Crippen molar-refractivity contribution in [1.82, 2.24) is 5.32 Å². The van der Waals surface area contributed by atoms with Gasteiger partial charge in [0.05, 0.1) is 24.5 Å². The van der Waals surface area contributed by atoms with E-state index < -0.39 is 10.0 Å². The number of anilines is 1. The topological polar surface area (TPSA) is 66.5 Å². The van der Waals surface area contributed by atoms with Crippen LogP contribution in [-0.4, -0.2) is 20.6 Å². The first-order valence-corrected chi connectivity index (χ1v) is 12.4. The lowest BCUT2D eigenvalue weighted by atomic mass is 10.00. The van der Waals surface area contributed by atoms with Gasteiger partial charge < -0.3 is 5.32 Å². The highest BCUT2D eigenvalue weighted by molar-refractivity contribution is 7.92. The summed E-state index contributed by atoms with van der Waals surface area (Å²) in [5.74, 6) is -0.200. The third-order valence-corrected chi connectivity index (χ3v) is 6.64. The van der Waals surface area contributed by atoms with Gasteiger partial charge in [-0.25, -0.2) is 8.42 Å². The van der Waals surface area contributed by atoms with Crippen LogP contribution >= 0.6 is 0 Å². The van der Waals surface area contributed by atoms with Gasteiger partial charge in [0.2, 0.25) is 10.0 Å². The molecule has 3 rings (SSSR count). The fourth-order valence-electron chi connectivity index (χ4n) is 3.71. The molecule has 1 N–H and O–H groups in total. The van der Waals surface area contributed by atoms with Crippen molar-refractivity contribution in [2.45, 2.75) is 40.3 Å². The lowest BCUT2D eigenvalue weighted by molar-refractivity contribution is 0.0940. The molecule has 3 aromatic carbocycles. The number of sulfonamides is 1. The lowest BCUT2D eigenvalue weighted by Gasteiger charge is -2.23. The predicted octanol–water partition coefficient (Wildman–Crippen LogP) is 5.07. The van der Waals surface area contributed by atoms with Gasteiger partial charge in [-0.15, -0.1) is 0 Å². The zero-order valence-corrected chi connectivity index (χ0v) is 20.0. The van der Waals surface area contributed by atoms with E-state index in [9.17, 15) is 13.2 Å². The van der Waals surface area contributed by atoms with Crippen molar-refractivity contribution in [3.05, 3.63) is 100 Å². The molecule has 0 radical (unpaired) electrons. The fraction of sp³-hybridized carbons (Fsp3) is 0.269. The molecular weight excluding hydrogens is 420 g/mol. The van der Waals surface area contributed by atoms with Crippen LogP contribution in [0.3, 0.4) is 0 Å². The average Bonchev–Trinajstić information content (AvgIpc) is 2.72. The monoisotopic (exact) mass is 450 g/mol. The number of amides is 1. The molecule has 0 saturated carbocycles. The molecule has 0 bridgehead atoms. The highest BCUT2D eigenvalue weighted by atomic mass is 32.2. The van der Waals surface area contributed by atoms with Crippen LogP contribution in [0, 0.1) is 20.8 Å². The number of benzene rings is 3. The van der Waals surface area contributed by atoms with Crippen molar-refractivity contribution >= 4 is 21.6 Å². The van der Waals surface area contributed by atoms with Crippen LogP contribution in [0.2, 0.25) is 0 Å². The predicted molar refractivity (Wildman–Crippen MR) is 130 cm³/mol. The van der Waals surface area contributed by atoms with Crippen LogP contribution < -0.4 is 9.62 Å². The lowest BCUT2D eigenvalue weighted by Crippen LogP contribution is -2.30. The SMILES string of the molecule is Cc1ccc(CN(c2ccc(C(=O)NC(C)c3ccc(C)cc3C)cc2)S(C)(=O)=O)cc1. The molecule has 0 saturated heterocycles. The van der Waals surface area contributed by atoms with Gasteiger partial charge in [-0.05, 0) is 68.7 Å². The molecule has 0 heterocycles. The van der Waals surface area contributed by atoms with E-state index in [2.05, 4.69) is 11.4 Å². The Balaban J connectivity index is 1.76. The summed E-state index contributed by atoms with van der Waals surface area (Å²) < 4.78 is 26.2. The first-order chi connectivity index (χ1) is 15.0. The first-order valence-electron chi connectivity index (χ1n) is 10.6. The molecule has 0 aliphatic heterocycles. The Morgan fingerprint density at radius 1 is 0.906 bits per heavy atom. The molecule has 3 aromatic rings. The second-order valence-electron chi connectivity index (χ2n) is 8.36. The third kappa shape index (κ3) is 5.77. The van der Waals surface area contributed by atoms with Gasteiger partial charge in [0.15, 0.2) is 0 Å². The van der Waals surface area contributed by atoms with Gasteiger partial charge in [-0.3, -0.25) is 9.10 Å². The summed E-state index contributed by atoms with van der Waals surface area (Å²) >= 11 is 0. The largest absolute Gasteiger partial charge is 0.346 e. The highest BCUT2D eigenvalue weighted by Crippen LogP contribution is 2.23. The minimum Gasteiger partial charge on any atom is -0.346 e. The van der Waals surface area contributed by atoms with Gasteiger partial charge >= 0.3 is 0 Å². The quantitative estimate of drug-likeness (QED) is 0.547. The minimum atomic E-state index is -3.49. The van der Waals surface area contributed by atoms with E-state index in [1.165, 1.54) is 16.1 Å². The first kappa shape index (κ1) is 23.5. The van der Waals surface area contributed by atoms with Crippen molar-refractivity contribution in [2.75, 3.05) is 10.6 Å². The second kappa shape index (κ2) is 9.57. The molecule has 0 spiro atoms. The standard InChI is InChI=1S/C26H30N2O3S/c1-18-6-9-22(10-7-18)17-28(32(5,30)31)24-13-11-23(12-14-24)26(29)27-21(4)25-15-8-19(2)16-20(25)3/h6-16,21H,17H2,1-5H3,(H,27,29). The fourth-order valence-corrected chi connectivity index (χ4v) is 4.60. The molecule has 0 aromatic heterocycles. The molecular formula is C26H30N2O3S. The van der Waals surface area contributed by atoms with Crippen molar-refractivity contribution in [3.8, 4) is 0 Å². The Hall–Kier alpha value is -3.12. The maximum absolute atomic E-state index is 12.8. The molecule has 0 aliphatic rings. The molecule has 0 aliphatic carbocycles.